The molecule has 0 aromatic heterocycles. The molecular formula is C12H21N3O4. The molecule has 3 atom stereocenters. The Morgan fingerprint density at radius 3 is 2.37 bits per heavy atom. The van der Waals surface area contributed by atoms with Crippen molar-refractivity contribution < 1.29 is 19.5 Å². The van der Waals surface area contributed by atoms with Crippen LogP contribution in [0.2, 0.25) is 0 Å². The van der Waals surface area contributed by atoms with E-state index in [-0.39, 0.29) is 17.9 Å². The Bertz CT molecular complexity index is 370. The van der Waals surface area contributed by atoms with Crippen LogP contribution in [0.3, 0.4) is 0 Å². The minimum Gasteiger partial charge on any atom is -0.481 e. The number of carboxylic acids is 1. The summed E-state index contributed by atoms with van der Waals surface area (Å²) < 4.78 is 0. The Morgan fingerprint density at radius 2 is 1.89 bits per heavy atom. The molecule has 0 bridgehead atoms. The summed E-state index contributed by atoms with van der Waals surface area (Å²) in [4.78, 5) is 35.4. The van der Waals surface area contributed by atoms with Gasteiger partial charge >= 0.3 is 12.0 Å². The van der Waals surface area contributed by atoms with Crippen molar-refractivity contribution in [1.29, 1.82) is 0 Å². The van der Waals surface area contributed by atoms with E-state index in [1.165, 1.54) is 4.90 Å². The zero-order chi connectivity index (χ0) is 14.6. The molecule has 7 heteroatoms. The second-order valence-corrected chi connectivity index (χ2v) is 5.12. The van der Waals surface area contributed by atoms with Crippen LogP contribution in [-0.4, -0.2) is 54.1 Å². The van der Waals surface area contributed by atoms with Crippen LogP contribution >= 0.6 is 0 Å². The Morgan fingerprint density at radius 1 is 1.26 bits per heavy atom. The van der Waals surface area contributed by atoms with Gasteiger partial charge in [-0.15, -0.1) is 0 Å². The van der Waals surface area contributed by atoms with Crippen molar-refractivity contribution in [3.8, 4) is 0 Å². The van der Waals surface area contributed by atoms with Crippen LogP contribution in [0.5, 0.6) is 0 Å². The fraction of sp³-hybridized carbons (Fsp3) is 0.750. The molecule has 0 aromatic rings. The molecule has 3 unspecified atom stereocenters. The zero-order valence-electron chi connectivity index (χ0n) is 11.5. The van der Waals surface area contributed by atoms with Crippen molar-refractivity contribution >= 4 is 17.9 Å². The summed E-state index contributed by atoms with van der Waals surface area (Å²) in [7, 11) is 3.24. The molecular weight excluding hydrogens is 250 g/mol. The Labute approximate surface area is 112 Å². The quantitative estimate of drug-likeness (QED) is 0.671. The van der Waals surface area contributed by atoms with E-state index < -0.39 is 18.0 Å². The number of urea groups is 1. The zero-order valence-corrected chi connectivity index (χ0v) is 11.5. The lowest BCUT2D eigenvalue weighted by molar-refractivity contribution is -0.141. The average Bonchev–Trinajstić information content (AvgIpc) is 2.76. The van der Waals surface area contributed by atoms with E-state index in [9.17, 15) is 14.4 Å². The maximum atomic E-state index is 11.7. The predicted molar refractivity (Wildman–Crippen MR) is 68.6 cm³/mol. The van der Waals surface area contributed by atoms with Gasteiger partial charge < -0.3 is 20.6 Å². The van der Waals surface area contributed by atoms with Gasteiger partial charge in [0.25, 0.3) is 0 Å². The number of carbonyl (C=O) groups excluding carboxylic acids is 2. The van der Waals surface area contributed by atoms with Gasteiger partial charge in [0.05, 0.1) is 5.92 Å². The van der Waals surface area contributed by atoms with Gasteiger partial charge in [-0.25, -0.2) is 4.79 Å². The minimum absolute atomic E-state index is 0.136. The van der Waals surface area contributed by atoms with Gasteiger partial charge in [-0.3, -0.25) is 9.59 Å². The lowest BCUT2D eigenvalue weighted by Gasteiger charge is -2.20. The first-order valence-corrected chi connectivity index (χ1v) is 6.32. The van der Waals surface area contributed by atoms with E-state index in [4.69, 9.17) is 5.11 Å². The Kier molecular flexibility index (Phi) is 5.14. The Balaban J connectivity index is 2.36. The largest absolute Gasteiger partial charge is 0.481 e. The minimum atomic E-state index is -0.819. The number of amides is 3. The van der Waals surface area contributed by atoms with E-state index in [2.05, 4.69) is 10.6 Å². The third kappa shape index (κ3) is 4.42. The summed E-state index contributed by atoms with van der Waals surface area (Å²) in [6.45, 7) is 1.61. The maximum Gasteiger partial charge on any atom is 0.315 e. The molecule has 3 amide bonds. The summed E-state index contributed by atoms with van der Waals surface area (Å²) >= 11 is 0. The number of hydrogen-bond donors (Lipinski definition) is 3. The number of aliphatic carboxylic acids is 1. The predicted octanol–water partition coefficient (Wildman–Crippen LogP) is 0.0156. The fourth-order valence-corrected chi connectivity index (χ4v) is 2.21. The molecule has 3 N–H and O–H groups in total. The molecule has 0 spiro atoms. The summed E-state index contributed by atoms with van der Waals surface area (Å²) in [6, 6.07) is -1.17. The highest BCUT2D eigenvalue weighted by atomic mass is 16.4. The third-order valence-electron chi connectivity index (χ3n) is 3.28. The number of nitrogens with zero attached hydrogens (tertiary/aromatic N) is 1. The summed E-state index contributed by atoms with van der Waals surface area (Å²) in [5, 5.41) is 14.1. The molecule has 108 valence electrons. The molecule has 0 aromatic carbocycles. The lowest BCUT2D eigenvalue weighted by Crippen LogP contribution is -2.50. The first-order valence-electron chi connectivity index (χ1n) is 6.32. The highest BCUT2D eigenvalue weighted by Gasteiger charge is 2.30. The smallest absolute Gasteiger partial charge is 0.315 e. The highest BCUT2D eigenvalue weighted by molar-refractivity contribution is 5.86. The highest BCUT2D eigenvalue weighted by Crippen LogP contribution is 2.25. The molecule has 0 radical (unpaired) electrons. The topological polar surface area (TPSA) is 98.7 Å². The number of nitrogens with one attached hydrogen (secondary N) is 2. The second-order valence-electron chi connectivity index (χ2n) is 5.12. The van der Waals surface area contributed by atoms with Crippen LogP contribution in [0.25, 0.3) is 0 Å². The van der Waals surface area contributed by atoms with Crippen LogP contribution in [0, 0.1) is 5.92 Å². The standard InChI is InChI=1S/C12H21N3O4/c1-7(10(16)15(2)3)13-12(19)14-9-5-4-8(6-9)11(17)18/h7-9H,4-6H2,1-3H3,(H,17,18)(H2,13,14,19). The molecule has 1 fully saturated rings. The van der Waals surface area contributed by atoms with E-state index in [1.807, 2.05) is 0 Å². The number of hydrogen-bond acceptors (Lipinski definition) is 3. The third-order valence-corrected chi connectivity index (χ3v) is 3.28. The van der Waals surface area contributed by atoms with Crippen LogP contribution in [0.1, 0.15) is 26.2 Å². The summed E-state index contributed by atoms with van der Waals surface area (Å²) in [6.07, 6.45) is 1.67. The van der Waals surface area contributed by atoms with Crippen molar-refractivity contribution in [3.05, 3.63) is 0 Å². The molecule has 0 saturated heterocycles. The van der Waals surface area contributed by atoms with Crippen molar-refractivity contribution in [2.75, 3.05) is 14.1 Å². The van der Waals surface area contributed by atoms with Crippen LogP contribution in [-0.2, 0) is 9.59 Å². The summed E-state index contributed by atoms with van der Waals surface area (Å²) in [5.41, 5.74) is 0. The van der Waals surface area contributed by atoms with Gasteiger partial charge in [-0.05, 0) is 26.2 Å². The number of carbonyl (C=O) groups is 3. The number of rotatable bonds is 4. The normalized spacial score (nSPS) is 23.5. The first kappa shape index (κ1) is 15.3. The molecule has 1 rings (SSSR count). The van der Waals surface area contributed by atoms with Crippen LogP contribution in [0.4, 0.5) is 4.79 Å². The van der Waals surface area contributed by atoms with Crippen molar-refractivity contribution in [3.63, 3.8) is 0 Å². The van der Waals surface area contributed by atoms with E-state index >= 15 is 0 Å². The van der Waals surface area contributed by atoms with E-state index in [0.717, 1.165) is 0 Å². The number of likely N-dealkylation sites (N-methyl/N-ethyl adjacent to an activating group) is 1. The van der Waals surface area contributed by atoms with Crippen molar-refractivity contribution in [1.82, 2.24) is 15.5 Å². The monoisotopic (exact) mass is 271 g/mol. The molecule has 1 aliphatic rings. The SMILES string of the molecule is CC(NC(=O)NC1CCC(C(=O)O)C1)C(=O)N(C)C. The Hall–Kier alpha value is -1.79. The van der Waals surface area contributed by atoms with Gasteiger partial charge in [0.1, 0.15) is 6.04 Å². The summed E-state index contributed by atoms with van der Waals surface area (Å²) in [5.74, 6) is -1.39. The molecule has 7 nitrogen and oxygen atoms in total. The lowest BCUT2D eigenvalue weighted by atomic mass is 10.1. The molecule has 1 saturated carbocycles. The van der Waals surface area contributed by atoms with Gasteiger partial charge in [-0.1, -0.05) is 0 Å². The van der Waals surface area contributed by atoms with Crippen LogP contribution < -0.4 is 10.6 Å². The average molecular weight is 271 g/mol. The number of carboxylic acid groups (broad SMARTS) is 1. The van der Waals surface area contributed by atoms with Crippen molar-refractivity contribution in [2.45, 2.75) is 38.3 Å². The maximum absolute atomic E-state index is 11.7. The van der Waals surface area contributed by atoms with Crippen LogP contribution in [0.15, 0.2) is 0 Å². The first-order chi connectivity index (χ1) is 8.81. The molecule has 0 heterocycles. The van der Waals surface area contributed by atoms with Gasteiger partial charge in [0.15, 0.2) is 0 Å². The van der Waals surface area contributed by atoms with Gasteiger partial charge in [0.2, 0.25) is 5.91 Å². The second kappa shape index (κ2) is 6.40. The van der Waals surface area contributed by atoms with E-state index in [0.29, 0.717) is 19.3 Å². The van der Waals surface area contributed by atoms with Crippen molar-refractivity contribution in [2.24, 2.45) is 5.92 Å². The fourth-order valence-electron chi connectivity index (χ4n) is 2.21. The molecule has 19 heavy (non-hydrogen) atoms. The molecule has 0 aliphatic heterocycles. The van der Waals surface area contributed by atoms with Gasteiger partial charge in [0, 0.05) is 20.1 Å². The van der Waals surface area contributed by atoms with E-state index in [1.54, 1.807) is 21.0 Å². The van der Waals surface area contributed by atoms with Gasteiger partial charge in [-0.2, -0.15) is 0 Å². The molecule has 1 aliphatic carbocycles.